The third kappa shape index (κ3) is 6.28. The smallest absolute Gasteiger partial charge is 0.329 e. The number of hydrogen-bond donors (Lipinski definition) is 7. The predicted molar refractivity (Wildman–Crippen MR) is 129 cm³/mol. The Morgan fingerprint density at radius 1 is 1.11 bits per heavy atom. The maximum absolute atomic E-state index is 12.6. The molecule has 15 nitrogen and oxygen atoms in total. The molecule has 3 heterocycles. The van der Waals surface area contributed by atoms with Gasteiger partial charge in [0.2, 0.25) is 5.91 Å². The van der Waals surface area contributed by atoms with Gasteiger partial charge in [0.05, 0.1) is 12.5 Å². The van der Waals surface area contributed by atoms with Gasteiger partial charge in [0, 0.05) is 18.7 Å². The highest BCUT2D eigenvalue weighted by atomic mass is 31.2. The van der Waals surface area contributed by atoms with Gasteiger partial charge in [0.1, 0.15) is 24.1 Å². The fraction of sp³-hybridized carbons (Fsp3) is 0.381. The van der Waals surface area contributed by atoms with Crippen LogP contribution in [0.15, 0.2) is 36.9 Å². The Morgan fingerprint density at radius 3 is 2.54 bits per heavy atom. The van der Waals surface area contributed by atoms with Gasteiger partial charge in [-0.05, 0) is 24.1 Å². The number of carbonyl (C=O) groups is 2. The first-order valence-corrected chi connectivity index (χ1v) is 13.0. The number of nitrogen functional groups attached to an aromatic ring is 1. The minimum Gasteiger partial charge on any atom is -0.387 e. The van der Waals surface area contributed by atoms with Gasteiger partial charge in [-0.25, -0.2) is 15.0 Å². The van der Waals surface area contributed by atoms with Gasteiger partial charge in [-0.1, -0.05) is 12.1 Å². The summed E-state index contributed by atoms with van der Waals surface area (Å²) in [5, 5.41) is 26.1. The number of rotatable bonds is 9. The summed E-state index contributed by atoms with van der Waals surface area (Å²) in [4.78, 5) is 54.7. The predicted octanol–water partition coefficient (Wildman–Crippen LogP) is -0.760. The summed E-state index contributed by atoms with van der Waals surface area (Å²) in [6.07, 6.45) is -2.95. The second-order valence-corrected chi connectivity index (χ2v) is 10.1. The third-order valence-corrected chi connectivity index (χ3v) is 6.44. The van der Waals surface area contributed by atoms with E-state index in [1.165, 1.54) is 41.5 Å². The van der Waals surface area contributed by atoms with Crippen molar-refractivity contribution in [1.29, 1.82) is 0 Å². The number of nitrogens with one attached hydrogen (secondary N) is 2. The van der Waals surface area contributed by atoms with Crippen LogP contribution >= 0.6 is 7.60 Å². The van der Waals surface area contributed by atoms with E-state index in [0.717, 1.165) is 0 Å². The van der Waals surface area contributed by atoms with Gasteiger partial charge in [-0.15, -0.1) is 0 Å². The van der Waals surface area contributed by atoms with Crippen LogP contribution in [0.5, 0.6) is 0 Å². The maximum Gasteiger partial charge on any atom is 0.329 e. The standard InChI is InChI=1S/C21H26N7O8P/c22-18-14-19(25-9-24-18)28(10-26-14)21-16(31)15(30)17(36-21)20(32)23-7-1-2-13(29)27-12-5-3-11(4-6-12)8-37(33,34)35/h3-6,9-10,15-17,21,30-31H,1-2,7-8H2,(H,23,32)(H,27,29)(H2,22,24,25)(H2,33,34,35)/t15-,16-,17-,21+/m0/s1. The lowest BCUT2D eigenvalue weighted by atomic mass is 10.1. The molecule has 0 radical (unpaired) electrons. The van der Waals surface area contributed by atoms with E-state index in [4.69, 9.17) is 20.3 Å². The monoisotopic (exact) mass is 535 g/mol. The fourth-order valence-electron chi connectivity index (χ4n) is 3.88. The van der Waals surface area contributed by atoms with Crippen molar-refractivity contribution in [3.05, 3.63) is 42.5 Å². The van der Waals surface area contributed by atoms with Gasteiger partial charge < -0.3 is 41.1 Å². The van der Waals surface area contributed by atoms with Crippen LogP contribution in [0, 0.1) is 0 Å². The molecule has 0 saturated carbocycles. The number of hydrogen-bond acceptors (Lipinski definition) is 10. The van der Waals surface area contributed by atoms with E-state index in [0.29, 0.717) is 11.3 Å². The average Bonchev–Trinajstić information content (AvgIpc) is 3.39. The van der Waals surface area contributed by atoms with Crippen molar-refractivity contribution >= 4 is 42.1 Å². The summed E-state index contributed by atoms with van der Waals surface area (Å²) in [5.41, 5.74) is 7.23. The third-order valence-electron chi connectivity index (χ3n) is 5.66. The summed E-state index contributed by atoms with van der Waals surface area (Å²) >= 11 is 0. The lowest BCUT2D eigenvalue weighted by Crippen LogP contribution is -2.43. The quantitative estimate of drug-likeness (QED) is 0.132. The number of fused-ring (bicyclic) bond motifs is 1. The second-order valence-electron chi connectivity index (χ2n) is 8.47. The fourth-order valence-corrected chi connectivity index (χ4v) is 4.56. The van der Waals surface area contributed by atoms with Gasteiger partial charge >= 0.3 is 7.60 Å². The van der Waals surface area contributed by atoms with Gasteiger partial charge in [-0.3, -0.25) is 18.7 Å². The molecule has 2 amide bonds. The molecule has 8 N–H and O–H groups in total. The minimum atomic E-state index is -4.17. The number of aliphatic hydroxyl groups excluding tert-OH is 2. The van der Waals surface area contributed by atoms with Crippen molar-refractivity contribution < 1.29 is 38.9 Å². The molecule has 1 aliphatic heterocycles. The molecule has 4 rings (SSSR count). The normalized spacial score (nSPS) is 21.7. The molecule has 0 bridgehead atoms. The number of nitrogens with two attached hydrogens (primary N) is 1. The number of nitrogens with zero attached hydrogens (tertiary/aromatic N) is 4. The number of benzene rings is 1. The number of carbonyl (C=O) groups excluding carboxylic acids is 2. The zero-order valence-electron chi connectivity index (χ0n) is 19.3. The zero-order chi connectivity index (χ0) is 26.7. The number of aromatic nitrogens is 4. The average molecular weight is 535 g/mol. The summed E-state index contributed by atoms with van der Waals surface area (Å²) in [6.45, 7) is 0.110. The van der Waals surface area contributed by atoms with E-state index in [1.54, 1.807) is 0 Å². The number of ether oxygens (including phenoxy) is 1. The Kier molecular flexibility index (Phi) is 7.82. The van der Waals surface area contributed by atoms with Gasteiger partial charge in [0.25, 0.3) is 5.91 Å². The lowest BCUT2D eigenvalue weighted by Gasteiger charge is -2.16. The largest absolute Gasteiger partial charge is 0.387 e. The zero-order valence-corrected chi connectivity index (χ0v) is 20.2. The van der Waals surface area contributed by atoms with E-state index in [9.17, 15) is 24.4 Å². The highest BCUT2D eigenvalue weighted by Crippen LogP contribution is 2.39. The number of amides is 2. The summed E-state index contributed by atoms with van der Waals surface area (Å²) in [6, 6.07) is 6.10. The van der Waals surface area contributed by atoms with E-state index in [1.807, 2.05) is 0 Å². The van der Waals surface area contributed by atoms with Crippen molar-refractivity contribution in [3.8, 4) is 0 Å². The summed E-state index contributed by atoms with van der Waals surface area (Å²) in [7, 11) is -4.17. The van der Waals surface area contributed by atoms with E-state index < -0.39 is 38.0 Å². The number of imidazole rings is 1. The van der Waals surface area contributed by atoms with Crippen molar-refractivity contribution in [2.24, 2.45) is 0 Å². The van der Waals surface area contributed by atoms with Gasteiger partial charge in [0.15, 0.2) is 23.8 Å². The maximum atomic E-state index is 12.6. The topological polar surface area (TPSA) is 235 Å². The van der Waals surface area contributed by atoms with Crippen LogP contribution in [-0.2, 0) is 25.1 Å². The molecule has 0 unspecified atom stereocenters. The number of aliphatic hydroxyl groups is 2. The molecule has 4 atom stereocenters. The Hall–Kier alpha value is -3.46. The first-order chi connectivity index (χ1) is 17.5. The highest BCUT2D eigenvalue weighted by molar-refractivity contribution is 7.50. The Morgan fingerprint density at radius 2 is 1.84 bits per heavy atom. The van der Waals surface area contributed by atoms with Crippen LogP contribution in [0.1, 0.15) is 24.6 Å². The molecule has 1 saturated heterocycles. The van der Waals surface area contributed by atoms with Crippen LogP contribution in [0.4, 0.5) is 11.5 Å². The van der Waals surface area contributed by atoms with Gasteiger partial charge in [-0.2, -0.15) is 0 Å². The molecule has 198 valence electrons. The SMILES string of the molecule is Nc1ncnc2c1ncn2[C@@H]1O[C@H](C(=O)NCCCC(=O)Nc2ccc(CP(=O)(O)O)cc2)[C@@H](O)[C@@H]1O. The number of anilines is 2. The molecule has 1 fully saturated rings. The Labute approximate surface area is 209 Å². The van der Waals surface area contributed by atoms with Crippen LogP contribution in [0.3, 0.4) is 0 Å². The molecule has 37 heavy (non-hydrogen) atoms. The van der Waals surface area contributed by atoms with E-state index in [-0.39, 0.29) is 48.4 Å². The molecule has 2 aromatic heterocycles. The van der Waals surface area contributed by atoms with E-state index in [2.05, 4.69) is 25.6 Å². The van der Waals surface area contributed by atoms with Crippen LogP contribution < -0.4 is 16.4 Å². The van der Waals surface area contributed by atoms with Crippen LogP contribution in [0.25, 0.3) is 11.2 Å². The van der Waals surface area contributed by atoms with Crippen LogP contribution in [-0.4, -0.2) is 76.2 Å². The molecule has 3 aromatic rings. The summed E-state index contributed by atoms with van der Waals surface area (Å²) in [5.74, 6) is -0.849. The second kappa shape index (κ2) is 10.9. The molecular weight excluding hydrogens is 509 g/mol. The van der Waals surface area contributed by atoms with Crippen molar-refractivity contribution in [3.63, 3.8) is 0 Å². The Balaban J connectivity index is 1.24. The summed E-state index contributed by atoms with van der Waals surface area (Å²) < 4.78 is 18.0. The molecular formula is C21H26N7O8P. The first-order valence-electron chi connectivity index (χ1n) is 11.2. The Bertz CT molecular complexity index is 1330. The molecule has 1 aromatic carbocycles. The first kappa shape index (κ1) is 26.6. The molecule has 1 aliphatic rings. The molecule has 0 aliphatic carbocycles. The molecule has 16 heteroatoms. The van der Waals surface area contributed by atoms with Crippen molar-refractivity contribution in [2.75, 3.05) is 17.6 Å². The van der Waals surface area contributed by atoms with Crippen LogP contribution in [0.2, 0.25) is 0 Å². The lowest BCUT2D eigenvalue weighted by molar-refractivity contribution is -0.137. The molecule has 0 spiro atoms. The minimum absolute atomic E-state index is 0.0754. The van der Waals surface area contributed by atoms with Crippen molar-refractivity contribution in [2.45, 2.75) is 43.5 Å². The van der Waals surface area contributed by atoms with E-state index >= 15 is 0 Å². The van der Waals surface area contributed by atoms with Crippen molar-refractivity contribution in [1.82, 2.24) is 24.8 Å². The highest BCUT2D eigenvalue weighted by Gasteiger charge is 2.47.